The van der Waals surface area contributed by atoms with Gasteiger partial charge in [-0.15, -0.1) is 0 Å². The smallest absolute Gasteiger partial charge is 0.0412 e. The van der Waals surface area contributed by atoms with Crippen LogP contribution in [0.3, 0.4) is 0 Å². The van der Waals surface area contributed by atoms with Gasteiger partial charge in [0.15, 0.2) is 0 Å². The van der Waals surface area contributed by atoms with E-state index in [-0.39, 0.29) is 0 Å². The van der Waals surface area contributed by atoms with Gasteiger partial charge in [-0.3, -0.25) is 0 Å². The summed E-state index contributed by atoms with van der Waals surface area (Å²) in [6.45, 7) is 5.22. The Balaban J connectivity index is 1.42. The van der Waals surface area contributed by atoms with Crippen LogP contribution >= 0.6 is 0 Å². The molecule has 3 nitrogen and oxygen atoms in total. The van der Waals surface area contributed by atoms with Gasteiger partial charge in [0.2, 0.25) is 0 Å². The maximum atomic E-state index is 3.48. The summed E-state index contributed by atoms with van der Waals surface area (Å²) in [4.78, 5) is 2.31. The summed E-state index contributed by atoms with van der Waals surface area (Å²) in [6, 6.07) is 35.8. The number of hydrogen-bond acceptors (Lipinski definition) is 3. The summed E-state index contributed by atoms with van der Waals surface area (Å²) < 4.78 is 0. The first-order chi connectivity index (χ1) is 14.7. The lowest BCUT2D eigenvalue weighted by atomic mass is 10.2. The third-order valence-electron chi connectivity index (χ3n) is 5.08. The number of anilines is 6. The van der Waals surface area contributed by atoms with Gasteiger partial charge in [-0.25, -0.2) is 0 Å². The molecule has 2 N–H and O–H groups in total. The Bertz CT molecular complexity index is 1050. The molecule has 30 heavy (non-hydrogen) atoms. The van der Waals surface area contributed by atoms with E-state index < -0.39 is 0 Å². The van der Waals surface area contributed by atoms with Crippen molar-refractivity contribution in [3.63, 3.8) is 0 Å². The molecule has 0 saturated heterocycles. The van der Waals surface area contributed by atoms with Crippen molar-refractivity contribution in [3.8, 4) is 0 Å². The Labute approximate surface area is 179 Å². The molecular weight excluding hydrogens is 366 g/mol. The molecule has 0 unspecified atom stereocenters. The molecule has 4 aromatic rings. The predicted octanol–water partition coefficient (Wildman–Crippen LogP) is 7.64. The monoisotopic (exact) mass is 393 g/mol. The number of rotatable bonds is 7. The van der Waals surface area contributed by atoms with Gasteiger partial charge in [0, 0.05) is 40.7 Å². The van der Waals surface area contributed by atoms with Crippen LogP contribution in [0.2, 0.25) is 0 Å². The minimum atomic E-state index is 0.922. The van der Waals surface area contributed by atoms with E-state index in [1.165, 1.54) is 16.9 Å². The molecule has 0 radical (unpaired) electrons. The molecule has 0 spiro atoms. The largest absolute Gasteiger partial charge is 0.356 e. The fourth-order valence-electron chi connectivity index (χ4n) is 3.46. The van der Waals surface area contributed by atoms with Crippen molar-refractivity contribution in [1.29, 1.82) is 0 Å². The predicted molar refractivity (Wildman–Crippen MR) is 130 cm³/mol. The summed E-state index contributed by atoms with van der Waals surface area (Å²) in [7, 11) is 0. The van der Waals surface area contributed by atoms with Crippen molar-refractivity contribution in [2.75, 3.05) is 22.1 Å². The lowest BCUT2D eigenvalue weighted by Crippen LogP contribution is -2.15. The Hall–Kier alpha value is -3.72. The van der Waals surface area contributed by atoms with Crippen LogP contribution in [-0.2, 0) is 0 Å². The van der Waals surface area contributed by atoms with E-state index in [1.54, 1.807) is 0 Å². The molecule has 0 aliphatic carbocycles. The number of hydrogen-bond donors (Lipinski definition) is 2. The summed E-state index contributed by atoms with van der Waals surface area (Å²) in [5.41, 5.74) is 7.97. The van der Waals surface area contributed by atoms with E-state index in [2.05, 4.69) is 114 Å². The average molecular weight is 394 g/mol. The number of para-hydroxylation sites is 1. The van der Waals surface area contributed by atoms with Crippen LogP contribution in [0.1, 0.15) is 12.5 Å². The summed E-state index contributed by atoms with van der Waals surface area (Å²) in [5.74, 6) is 0. The quantitative estimate of drug-likeness (QED) is 0.338. The minimum Gasteiger partial charge on any atom is -0.356 e. The highest BCUT2D eigenvalue weighted by Crippen LogP contribution is 2.28. The van der Waals surface area contributed by atoms with Crippen LogP contribution in [0, 0.1) is 6.92 Å². The van der Waals surface area contributed by atoms with Crippen molar-refractivity contribution < 1.29 is 0 Å². The van der Waals surface area contributed by atoms with Gasteiger partial charge in [0.1, 0.15) is 0 Å². The topological polar surface area (TPSA) is 27.3 Å². The first-order valence-electron chi connectivity index (χ1n) is 10.3. The van der Waals surface area contributed by atoms with E-state index in [0.717, 1.165) is 29.3 Å². The second-order valence-corrected chi connectivity index (χ2v) is 7.32. The lowest BCUT2D eigenvalue weighted by Gasteiger charge is -2.24. The minimum absolute atomic E-state index is 0.922. The molecule has 0 saturated carbocycles. The third kappa shape index (κ3) is 4.81. The van der Waals surface area contributed by atoms with Crippen LogP contribution in [-0.4, -0.2) is 6.54 Å². The molecule has 3 heteroatoms. The molecule has 4 aromatic carbocycles. The number of benzene rings is 4. The molecular formula is C27H27N3. The molecule has 0 aliphatic rings. The molecule has 0 aromatic heterocycles. The fraction of sp³-hybridized carbons (Fsp3) is 0.111. The Morgan fingerprint density at radius 2 is 0.933 bits per heavy atom. The summed E-state index contributed by atoms with van der Waals surface area (Å²) in [6.07, 6.45) is 0. The Morgan fingerprint density at radius 1 is 0.533 bits per heavy atom. The van der Waals surface area contributed by atoms with E-state index in [9.17, 15) is 0 Å². The molecule has 0 amide bonds. The van der Waals surface area contributed by atoms with E-state index in [0.29, 0.717) is 0 Å². The maximum absolute atomic E-state index is 3.48. The maximum Gasteiger partial charge on any atom is 0.0412 e. The van der Waals surface area contributed by atoms with Crippen molar-refractivity contribution in [3.05, 3.63) is 109 Å². The van der Waals surface area contributed by atoms with Gasteiger partial charge < -0.3 is 15.5 Å². The van der Waals surface area contributed by atoms with Crippen molar-refractivity contribution in [1.82, 2.24) is 0 Å². The van der Waals surface area contributed by atoms with Gasteiger partial charge in [-0.05, 0) is 86.6 Å². The SMILES string of the molecule is CCN(c1ccc(C)cc1)c1ccc(Nc2ccc(Nc3ccccc3)cc2)cc1. The highest BCUT2D eigenvalue weighted by atomic mass is 15.1. The Kier molecular flexibility index (Phi) is 6.00. The number of aryl methyl sites for hydroxylation is 1. The zero-order valence-corrected chi connectivity index (χ0v) is 17.5. The van der Waals surface area contributed by atoms with E-state index in [1.807, 2.05) is 18.2 Å². The van der Waals surface area contributed by atoms with Gasteiger partial charge in [0.25, 0.3) is 0 Å². The van der Waals surface area contributed by atoms with Crippen LogP contribution < -0.4 is 15.5 Å². The molecule has 150 valence electrons. The first kappa shape index (κ1) is 19.6. The van der Waals surface area contributed by atoms with Crippen molar-refractivity contribution in [2.24, 2.45) is 0 Å². The number of nitrogens with zero attached hydrogens (tertiary/aromatic N) is 1. The lowest BCUT2D eigenvalue weighted by molar-refractivity contribution is 1.02. The van der Waals surface area contributed by atoms with Crippen molar-refractivity contribution in [2.45, 2.75) is 13.8 Å². The second kappa shape index (κ2) is 9.19. The molecule has 0 fully saturated rings. The number of nitrogens with one attached hydrogen (secondary N) is 2. The zero-order chi connectivity index (χ0) is 20.8. The van der Waals surface area contributed by atoms with Crippen molar-refractivity contribution >= 4 is 34.1 Å². The van der Waals surface area contributed by atoms with Gasteiger partial charge in [-0.1, -0.05) is 35.9 Å². The molecule has 0 heterocycles. The second-order valence-electron chi connectivity index (χ2n) is 7.32. The zero-order valence-electron chi connectivity index (χ0n) is 17.5. The van der Waals surface area contributed by atoms with Crippen LogP contribution in [0.5, 0.6) is 0 Å². The average Bonchev–Trinajstić information content (AvgIpc) is 2.79. The highest BCUT2D eigenvalue weighted by Gasteiger charge is 2.07. The van der Waals surface area contributed by atoms with E-state index in [4.69, 9.17) is 0 Å². The summed E-state index contributed by atoms with van der Waals surface area (Å²) >= 11 is 0. The van der Waals surface area contributed by atoms with E-state index >= 15 is 0 Å². The summed E-state index contributed by atoms with van der Waals surface area (Å²) in [5, 5.41) is 6.89. The molecule has 0 bridgehead atoms. The first-order valence-corrected chi connectivity index (χ1v) is 10.3. The van der Waals surface area contributed by atoms with Crippen LogP contribution in [0.25, 0.3) is 0 Å². The fourth-order valence-corrected chi connectivity index (χ4v) is 3.46. The van der Waals surface area contributed by atoms with Crippen LogP contribution in [0.4, 0.5) is 34.1 Å². The van der Waals surface area contributed by atoms with Gasteiger partial charge >= 0.3 is 0 Å². The standard InChI is InChI=1S/C27H27N3/c1-3-30(26-17-9-21(2)10-18-26)27-19-15-25(16-20-27)29-24-13-11-23(12-14-24)28-22-7-5-4-6-8-22/h4-20,28-29H,3H2,1-2H3. The molecule has 0 aliphatic heterocycles. The molecule has 4 rings (SSSR count). The van der Waals surface area contributed by atoms with Gasteiger partial charge in [-0.2, -0.15) is 0 Å². The Morgan fingerprint density at radius 3 is 1.40 bits per heavy atom. The highest BCUT2D eigenvalue weighted by molar-refractivity contribution is 5.69. The third-order valence-corrected chi connectivity index (χ3v) is 5.08. The van der Waals surface area contributed by atoms with Crippen LogP contribution in [0.15, 0.2) is 103 Å². The molecule has 0 atom stereocenters. The van der Waals surface area contributed by atoms with Gasteiger partial charge in [0.05, 0.1) is 0 Å². The normalized spacial score (nSPS) is 10.5.